The SMILES string of the molecule is CC[C@H]1CN2CCc3cc(OC)c(OC)cc3[C@@H]2C[C@@H]1C[C@H]1NCCc2cc(OC)c(OC)cc21.CN(C)CCC(c1ccc(Cl)cc1)c1ccccn1. The monoisotopic (exact) mass is 754 g/mol. The van der Waals surface area contributed by atoms with E-state index < -0.39 is 0 Å². The minimum absolute atomic E-state index is 0.320. The molecule has 0 aliphatic carbocycles. The van der Waals surface area contributed by atoms with Crippen LogP contribution in [0.3, 0.4) is 0 Å². The molecule has 7 rings (SSSR count). The number of nitrogens with zero attached hydrogens (tertiary/aromatic N) is 3. The number of aromatic nitrogens is 1. The summed E-state index contributed by atoms with van der Waals surface area (Å²) in [5.74, 6) is 5.01. The predicted octanol–water partition coefficient (Wildman–Crippen LogP) is 8.76. The Labute approximate surface area is 328 Å². The fraction of sp³-hybridized carbons (Fsp3) is 0.489. The van der Waals surface area contributed by atoms with E-state index in [1.807, 2.05) is 30.5 Å². The smallest absolute Gasteiger partial charge is 0.161 e. The lowest BCUT2D eigenvalue weighted by molar-refractivity contribution is 0.0434. The molecule has 1 saturated heterocycles. The standard InChI is InChI=1S/C29H40N2O4.C16H19ClN2/c1-6-18-17-31-10-8-20-14-27(33-3)29(35-5)16-23(20)25(31)12-21(18)11-24-22-15-28(34-4)26(32-2)13-19(22)7-9-30-24;1-19(2)12-10-15(16-5-3-4-11-18-16)13-6-8-14(17)9-7-13/h13-16,18,21,24-25,30H,6-12,17H2,1-5H3;3-9,11,15H,10,12H2,1-2H3/t18-,21-,24+,25-;/m0./s1. The number of piperidine rings is 1. The first-order valence-corrected chi connectivity index (χ1v) is 19.9. The van der Waals surface area contributed by atoms with Gasteiger partial charge in [0.2, 0.25) is 0 Å². The van der Waals surface area contributed by atoms with Gasteiger partial charge in [0.1, 0.15) is 0 Å². The number of nitrogens with one attached hydrogen (secondary N) is 1. The van der Waals surface area contributed by atoms with Crippen molar-refractivity contribution in [3.8, 4) is 23.0 Å². The van der Waals surface area contributed by atoms with Gasteiger partial charge >= 0.3 is 0 Å². The third-order valence-corrected chi connectivity index (χ3v) is 12.1. The molecule has 4 heterocycles. The second kappa shape index (κ2) is 18.7. The van der Waals surface area contributed by atoms with Crippen LogP contribution in [-0.4, -0.2) is 83.5 Å². The lowest BCUT2D eigenvalue weighted by atomic mass is 9.72. The van der Waals surface area contributed by atoms with Gasteiger partial charge in [0.25, 0.3) is 0 Å². The van der Waals surface area contributed by atoms with Gasteiger partial charge in [0.05, 0.1) is 28.4 Å². The molecule has 0 amide bonds. The molecule has 8 nitrogen and oxygen atoms in total. The lowest BCUT2D eigenvalue weighted by Crippen LogP contribution is -2.46. The van der Waals surface area contributed by atoms with Gasteiger partial charge in [-0.3, -0.25) is 9.88 Å². The van der Waals surface area contributed by atoms with Gasteiger partial charge < -0.3 is 29.2 Å². The fourth-order valence-corrected chi connectivity index (χ4v) is 9.01. The van der Waals surface area contributed by atoms with Crippen LogP contribution >= 0.6 is 11.6 Å². The molecular weight excluding hydrogens is 696 g/mol. The average molecular weight is 755 g/mol. The highest BCUT2D eigenvalue weighted by atomic mass is 35.5. The maximum absolute atomic E-state index is 5.97. The van der Waals surface area contributed by atoms with E-state index in [4.69, 9.17) is 30.5 Å². The number of halogens is 1. The summed E-state index contributed by atoms with van der Waals surface area (Å²) in [6.45, 7) is 6.69. The minimum atomic E-state index is 0.320. The van der Waals surface area contributed by atoms with E-state index in [-0.39, 0.29) is 0 Å². The molecule has 54 heavy (non-hydrogen) atoms. The molecule has 3 aliphatic rings. The normalized spacial score (nSPS) is 21.1. The van der Waals surface area contributed by atoms with Crippen molar-refractivity contribution in [3.63, 3.8) is 0 Å². The van der Waals surface area contributed by atoms with Crippen LogP contribution in [0.15, 0.2) is 72.9 Å². The van der Waals surface area contributed by atoms with Crippen molar-refractivity contribution in [1.29, 1.82) is 0 Å². The van der Waals surface area contributed by atoms with Gasteiger partial charge in [-0.25, -0.2) is 0 Å². The molecule has 1 unspecified atom stereocenters. The van der Waals surface area contributed by atoms with E-state index in [0.29, 0.717) is 29.8 Å². The van der Waals surface area contributed by atoms with E-state index in [9.17, 15) is 0 Å². The molecule has 290 valence electrons. The lowest BCUT2D eigenvalue weighted by Gasteiger charge is -2.48. The Morgan fingerprint density at radius 1 is 0.833 bits per heavy atom. The first-order chi connectivity index (χ1) is 26.3. The molecule has 4 aromatic rings. The summed E-state index contributed by atoms with van der Waals surface area (Å²) in [6, 6.07) is 23.8. The second-order valence-electron chi connectivity index (χ2n) is 15.2. The summed E-state index contributed by atoms with van der Waals surface area (Å²) in [4.78, 5) is 9.42. The van der Waals surface area contributed by atoms with Crippen LogP contribution < -0.4 is 24.3 Å². The molecule has 0 spiro atoms. The Morgan fingerprint density at radius 2 is 1.48 bits per heavy atom. The van der Waals surface area contributed by atoms with Crippen LogP contribution in [0.25, 0.3) is 0 Å². The third-order valence-electron chi connectivity index (χ3n) is 11.8. The zero-order chi connectivity index (χ0) is 38.2. The summed E-state index contributed by atoms with van der Waals surface area (Å²) < 4.78 is 22.5. The molecule has 3 aromatic carbocycles. The summed E-state index contributed by atoms with van der Waals surface area (Å²) in [5.41, 5.74) is 7.99. The first kappa shape index (κ1) is 39.9. The van der Waals surface area contributed by atoms with Gasteiger partial charge in [0.15, 0.2) is 23.0 Å². The molecule has 0 saturated carbocycles. The quantitative estimate of drug-likeness (QED) is 0.154. The van der Waals surface area contributed by atoms with E-state index in [1.165, 1.54) is 47.2 Å². The molecular formula is C45H59ClN4O4. The second-order valence-corrected chi connectivity index (χ2v) is 15.6. The van der Waals surface area contributed by atoms with Crippen LogP contribution in [0.4, 0.5) is 0 Å². The van der Waals surface area contributed by atoms with Gasteiger partial charge in [-0.15, -0.1) is 0 Å². The highest BCUT2D eigenvalue weighted by Crippen LogP contribution is 2.48. The largest absolute Gasteiger partial charge is 0.493 e. The molecule has 1 fully saturated rings. The van der Waals surface area contributed by atoms with Crippen molar-refractivity contribution in [2.45, 2.75) is 63.5 Å². The predicted molar refractivity (Wildman–Crippen MR) is 219 cm³/mol. The molecule has 5 atom stereocenters. The average Bonchev–Trinajstić information content (AvgIpc) is 3.20. The zero-order valence-corrected chi connectivity index (χ0v) is 34.0. The van der Waals surface area contributed by atoms with Crippen LogP contribution in [0, 0.1) is 11.8 Å². The van der Waals surface area contributed by atoms with Crippen molar-refractivity contribution in [2.75, 3.05) is 68.7 Å². The highest BCUT2D eigenvalue weighted by molar-refractivity contribution is 6.30. The Balaban J connectivity index is 0.000000221. The maximum atomic E-state index is 5.97. The number of ether oxygens (including phenoxy) is 4. The number of benzene rings is 3. The Kier molecular flexibility index (Phi) is 13.8. The molecule has 1 aromatic heterocycles. The van der Waals surface area contributed by atoms with Crippen LogP contribution in [0.5, 0.6) is 23.0 Å². The topological polar surface area (TPSA) is 68.3 Å². The van der Waals surface area contributed by atoms with E-state index in [0.717, 1.165) is 79.0 Å². The summed E-state index contributed by atoms with van der Waals surface area (Å²) >= 11 is 5.97. The zero-order valence-electron chi connectivity index (χ0n) is 33.2. The Bertz CT molecular complexity index is 1800. The van der Waals surface area contributed by atoms with Crippen molar-refractivity contribution in [2.24, 2.45) is 11.8 Å². The number of hydrogen-bond donors (Lipinski definition) is 1. The van der Waals surface area contributed by atoms with Crippen molar-refractivity contribution in [3.05, 3.63) is 111 Å². The number of fused-ring (bicyclic) bond motifs is 4. The summed E-state index contributed by atoms with van der Waals surface area (Å²) in [7, 11) is 11.1. The van der Waals surface area contributed by atoms with Gasteiger partial charge in [-0.05, 0) is 147 Å². The van der Waals surface area contributed by atoms with E-state index in [2.05, 4.69) is 83.6 Å². The third kappa shape index (κ3) is 9.16. The van der Waals surface area contributed by atoms with Crippen molar-refractivity contribution >= 4 is 11.6 Å². The highest BCUT2D eigenvalue weighted by Gasteiger charge is 2.40. The van der Waals surface area contributed by atoms with Crippen LogP contribution in [-0.2, 0) is 12.8 Å². The fourth-order valence-electron chi connectivity index (χ4n) is 8.89. The van der Waals surface area contributed by atoms with Crippen LogP contribution in [0.1, 0.15) is 84.1 Å². The maximum Gasteiger partial charge on any atom is 0.161 e. The summed E-state index contributed by atoms with van der Waals surface area (Å²) in [6.07, 6.45) is 8.55. The minimum Gasteiger partial charge on any atom is -0.493 e. The van der Waals surface area contributed by atoms with E-state index in [1.54, 1.807) is 28.4 Å². The van der Waals surface area contributed by atoms with E-state index >= 15 is 0 Å². The number of pyridine rings is 1. The Hall–Kier alpha value is -3.82. The van der Waals surface area contributed by atoms with Crippen molar-refractivity contribution < 1.29 is 18.9 Å². The summed E-state index contributed by atoms with van der Waals surface area (Å²) in [5, 5.41) is 4.61. The van der Waals surface area contributed by atoms with Gasteiger partial charge in [-0.2, -0.15) is 0 Å². The number of rotatable bonds is 12. The van der Waals surface area contributed by atoms with Gasteiger partial charge in [0, 0.05) is 48.0 Å². The number of methoxy groups -OCH3 is 4. The molecule has 0 bridgehead atoms. The number of hydrogen-bond acceptors (Lipinski definition) is 8. The first-order valence-electron chi connectivity index (χ1n) is 19.5. The molecule has 0 radical (unpaired) electrons. The van der Waals surface area contributed by atoms with Crippen molar-refractivity contribution in [1.82, 2.24) is 20.1 Å². The Morgan fingerprint density at radius 3 is 2.09 bits per heavy atom. The molecule has 9 heteroatoms. The van der Waals surface area contributed by atoms with Gasteiger partial charge in [-0.1, -0.05) is 43.1 Å². The molecule has 1 N–H and O–H groups in total. The van der Waals surface area contributed by atoms with Crippen LogP contribution in [0.2, 0.25) is 5.02 Å². The molecule has 3 aliphatic heterocycles.